The molecule has 0 unspecified atom stereocenters. The zero-order valence-electron chi connectivity index (χ0n) is 11.3. The summed E-state index contributed by atoms with van der Waals surface area (Å²) in [6.45, 7) is 6.25. The second-order valence-electron chi connectivity index (χ2n) is 5.59. The van der Waals surface area contributed by atoms with E-state index in [0.717, 1.165) is 16.7 Å². The van der Waals surface area contributed by atoms with Crippen molar-refractivity contribution in [2.24, 2.45) is 0 Å². The first kappa shape index (κ1) is 13.7. The maximum absolute atomic E-state index is 9.41. The van der Waals surface area contributed by atoms with Crippen molar-refractivity contribution < 1.29 is 10.0 Å². The van der Waals surface area contributed by atoms with Crippen LogP contribution in [0, 0.1) is 0 Å². The molecule has 0 atom stereocenters. The Morgan fingerprint density at radius 3 is 2.11 bits per heavy atom. The third kappa shape index (κ3) is 3.19. The predicted octanol–water partition coefficient (Wildman–Crippen LogP) is 1.12. The monoisotopic (exact) mass is 256 g/mol. The molecule has 0 aliphatic rings. The van der Waals surface area contributed by atoms with Gasteiger partial charge in [0.15, 0.2) is 0 Å². The Morgan fingerprint density at radius 2 is 1.58 bits per heavy atom. The van der Waals surface area contributed by atoms with Crippen LogP contribution in [-0.2, 0) is 5.41 Å². The van der Waals surface area contributed by atoms with Crippen LogP contribution in [-0.4, -0.2) is 27.1 Å². The zero-order chi connectivity index (χ0) is 14.0. The van der Waals surface area contributed by atoms with Crippen molar-refractivity contribution >= 4 is 12.6 Å². The molecule has 1 aromatic carbocycles. The van der Waals surface area contributed by atoms with Crippen molar-refractivity contribution in [2.75, 3.05) is 0 Å². The fourth-order valence-electron chi connectivity index (χ4n) is 1.85. The smallest absolute Gasteiger partial charge is 0.423 e. The summed E-state index contributed by atoms with van der Waals surface area (Å²) in [7, 11) is -1.48. The molecule has 1 aromatic heterocycles. The van der Waals surface area contributed by atoms with Gasteiger partial charge in [0.1, 0.15) is 6.33 Å². The average Bonchev–Trinajstić information content (AvgIpc) is 2.38. The third-order valence-corrected chi connectivity index (χ3v) is 3.01. The third-order valence-electron chi connectivity index (χ3n) is 3.01. The molecule has 4 nitrogen and oxygen atoms in total. The normalized spacial score (nSPS) is 11.4. The van der Waals surface area contributed by atoms with Crippen molar-refractivity contribution in [3.05, 3.63) is 42.5 Å². The number of hydrogen-bond acceptors (Lipinski definition) is 4. The maximum atomic E-state index is 9.41. The van der Waals surface area contributed by atoms with Gasteiger partial charge in [-0.25, -0.2) is 9.97 Å². The second kappa shape index (κ2) is 5.11. The molecule has 0 bridgehead atoms. The SMILES string of the molecule is CC(C)(C)c1cc(B(O)O)cc(-c2cncnc2)c1. The minimum atomic E-state index is -1.48. The molecule has 0 aliphatic carbocycles. The number of benzene rings is 1. The molecule has 0 radical (unpaired) electrons. The van der Waals surface area contributed by atoms with Crippen molar-refractivity contribution in [2.45, 2.75) is 26.2 Å². The zero-order valence-corrected chi connectivity index (χ0v) is 11.3. The highest BCUT2D eigenvalue weighted by Gasteiger charge is 2.19. The van der Waals surface area contributed by atoms with Crippen LogP contribution in [0.4, 0.5) is 0 Å². The summed E-state index contributed by atoms with van der Waals surface area (Å²) in [6.07, 6.45) is 4.89. The van der Waals surface area contributed by atoms with Gasteiger partial charge in [-0.3, -0.25) is 0 Å². The summed E-state index contributed by atoms with van der Waals surface area (Å²) in [5.41, 5.74) is 3.19. The summed E-state index contributed by atoms with van der Waals surface area (Å²) >= 11 is 0. The average molecular weight is 256 g/mol. The first-order chi connectivity index (χ1) is 8.88. The van der Waals surface area contributed by atoms with Crippen LogP contribution in [0.1, 0.15) is 26.3 Å². The summed E-state index contributed by atoms with van der Waals surface area (Å²) in [5.74, 6) is 0. The van der Waals surface area contributed by atoms with E-state index in [4.69, 9.17) is 0 Å². The highest BCUT2D eigenvalue weighted by atomic mass is 16.4. The molecule has 2 rings (SSSR count). The lowest BCUT2D eigenvalue weighted by Gasteiger charge is -2.21. The molecule has 0 spiro atoms. The highest BCUT2D eigenvalue weighted by Crippen LogP contribution is 2.26. The molecule has 2 aromatic rings. The largest absolute Gasteiger partial charge is 0.488 e. The van der Waals surface area contributed by atoms with Crippen LogP contribution in [0.2, 0.25) is 0 Å². The van der Waals surface area contributed by atoms with Gasteiger partial charge in [-0.15, -0.1) is 0 Å². The van der Waals surface area contributed by atoms with Crippen LogP contribution < -0.4 is 5.46 Å². The van der Waals surface area contributed by atoms with Crippen LogP contribution in [0.15, 0.2) is 36.9 Å². The van der Waals surface area contributed by atoms with E-state index in [1.165, 1.54) is 6.33 Å². The Balaban J connectivity index is 2.59. The van der Waals surface area contributed by atoms with Gasteiger partial charge in [0.25, 0.3) is 0 Å². The van der Waals surface area contributed by atoms with Crippen molar-refractivity contribution in [3.8, 4) is 11.1 Å². The van der Waals surface area contributed by atoms with E-state index < -0.39 is 7.12 Å². The predicted molar refractivity (Wildman–Crippen MR) is 76.0 cm³/mol. The van der Waals surface area contributed by atoms with E-state index in [0.29, 0.717) is 5.46 Å². The molecule has 98 valence electrons. The van der Waals surface area contributed by atoms with Gasteiger partial charge < -0.3 is 10.0 Å². The quantitative estimate of drug-likeness (QED) is 0.790. The summed E-state index contributed by atoms with van der Waals surface area (Å²) in [4.78, 5) is 7.98. The highest BCUT2D eigenvalue weighted by molar-refractivity contribution is 6.58. The Kier molecular flexibility index (Phi) is 3.69. The van der Waals surface area contributed by atoms with Gasteiger partial charge in [0.2, 0.25) is 0 Å². The minimum Gasteiger partial charge on any atom is -0.423 e. The molecular weight excluding hydrogens is 239 g/mol. The van der Waals surface area contributed by atoms with Gasteiger partial charge in [0.05, 0.1) is 0 Å². The maximum Gasteiger partial charge on any atom is 0.488 e. The summed E-state index contributed by atoms with van der Waals surface area (Å²) in [5, 5.41) is 18.8. The second-order valence-corrected chi connectivity index (χ2v) is 5.59. The van der Waals surface area contributed by atoms with Crippen molar-refractivity contribution in [3.63, 3.8) is 0 Å². The Bertz CT molecular complexity index is 565. The number of aromatic nitrogens is 2. The molecule has 1 heterocycles. The van der Waals surface area contributed by atoms with Crippen LogP contribution in [0.25, 0.3) is 11.1 Å². The molecule has 0 saturated heterocycles. The Hall–Kier alpha value is -1.72. The van der Waals surface area contributed by atoms with E-state index in [9.17, 15) is 10.0 Å². The number of rotatable bonds is 2. The first-order valence-electron chi connectivity index (χ1n) is 6.15. The molecule has 0 saturated carbocycles. The van der Waals surface area contributed by atoms with Crippen LogP contribution in [0.5, 0.6) is 0 Å². The van der Waals surface area contributed by atoms with Gasteiger partial charge >= 0.3 is 7.12 Å². The van der Waals surface area contributed by atoms with Crippen molar-refractivity contribution in [1.29, 1.82) is 0 Å². The van der Waals surface area contributed by atoms with E-state index in [1.54, 1.807) is 18.5 Å². The van der Waals surface area contributed by atoms with Gasteiger partial charge in [-0.2, -0.15) is 0 Å². The summed E-state index contributed by atoms with van der Waals surface area (Å²) < 4.78 is 0. The fourth-order valence-corrected chi connectivity index (χ4v) is 1.85. The summed E-state index contributed by atoms with van der Waals surface area (Å²) in [6, 6.07) is 5.60. The lowest BCUT2D eigenvalue weighted by atomic mass is 9.74. The van der Waals surface area contributed by atoms with Gasteiger partial charge in [0, 0.05) is 18.0 Å². The Morgan fingerprint density at radius 1 is 0.947 bits per heavy atom. The van der Waals surface area contributed by atoms with E-state index in [2.05, 4.69) is 30.7 Å². The van der Waals surface area contributed by atoms with E-state index in [1.807, 2.05) is 12.1 Å². The lowest BCUT2D eigenvalue weighted by molar-refractivity contribution is 0.425. The first-order valence-corrected chi connectivity index (χ1v) is 6.15. The fraction of sp³-hybridized carbons (Fsp3) is 0.286. The molecule has 0 amide bonds. The van der Waals surface area contributed by atoms with Crippen LogP contribution >= 0.6 is 0 Å². The minimum absolute atomic E-state index is 0.0741. The van der Waals surface area contributed by atoms with E-state index >= 15 is 0 Å². The molecule has 19 heavy (non-hydrogen) atoms. The van der Waals surface area contributed by atoms with Gasteiger partial charge in [-0.1, -0.05) is 39.0 Å². The van der Waals surface area contributed by atoms with Crippen molar-refractivity contribution in [1.82, 2.24) is 9.97 Å². The standard InChI is InChI=1S/C14H17BN2O2/c1-14(2,3)12-4-10(5-13(6-12)15(18)19)11-7-16-9-17-8-11/h4-9,18-19H,1-3H3. The molecule has 0 aliphatic heterocycles. The van der Waals surface area contributed by atoms with E-state index in [-0.39, 0.29) is 5.41 Å². The van der Waals surface area contributed by atoms with Crippen LogP contribution in [0.3, 0.4) is 0 Å². The number of nitrogens with zero attached hydrogens (tertiary/aromatic N) is 2. The van der Waals surface area contributed by atoms with Gasteiger partial charge in [-0.05, 0) is 22.0 Å². The lowest BCUT2D eigenvalue weighted by Crippen LogP contribution is -2.31. The molecule has 5 heteroatoms. The molecule has 0 fully saturated rings. The Labute approximate surface area is 113 Å². The molecular formula is C14H17BN2O2. The topological polar surface area (TPSA) is 66.2 Å². The number of hydrogen-bond donors (Lipinski definition) is 2. The molecule has 2 N–H and O–H groups in total.